The van der Waals surface area contributed by atoms with E-state index in [1.807, 2.05) is 30.3 Å². The summed E-state index contributed by atoms with van der Waals surface area (Å²) in [7, 11) is 0. The molecule has 4 rings (SSSR count). The van der Waals surface area contributed by atoms with Crippen LogP contribution in [-0.2, 0) is 4.79 Å². The first-order chi connectivity index (χ1) is 15.0. The molecule has 0 saturated carbocycles. The zero-order valence-electron chi connectivity index (χ0n) is 18.0. The number of hydrogen-bond donors (Lipinski definition) is 2. The standard InChI is InChI=1S/C25H26N4OS/c1-16(2)18-9-11-20(12-10-18)29-21(30)13-14-26-24-23-22(19-7-5-4-6-8-19)17(3)31-25(23)28-15-27-24/h4-12,15-16H,13-14H2,1-3H3,(H,29,30)(H,26,27,28). The number of thiophene rings is 1. The molecule has 2 N–H and O–H groups in total. The van der Waals surface area contributed by atoms with E-state index in [0.29, 0.717) is 18.9 Å². The Bertz CT molecular complexity index is 1180. The van der Waals surface area contributed by atoms with E-state index >= 15 is 0 Å². The average molecular weight is 431 g/mol. The van der Waals surface area contributed by atoms with Gasteiger partial charge in [-0.05, 0) is 36.1 Å². The van der Waals surface area contributed by atoms with Gasteiger partial charge in [-0.3, -0.25) is 4.79 Å². The maximum atomic E-state index is 12.4. The Morgan fingerprint density at radius 2 is 1.77 bits per heavy atom. The minimum Gasteiger partial charge on any atom is -0.369 e. The second kappa shape index (κ2) is 9.27. The molecule has 0 bridgehead atoms. The minimum atomic E-state index is -0.0279. The van der Waals surface area contributed by atoms with Gasteiger partial charge in [-0.15, -0.1) is 11.3 Å². The molecule has 0 atom stereocenters. The van der Waals surface area contributed by atoms with E-state index in [1.54, 1.807) is 17.7 Å². The third-order valence-corrected chi connectivity index (χ3v) is 6.25. The first-order valence-corrected chi connectivity index (χ1v) is 11.3. The van der Waals surface area contributed by atoms with Crippen molar-refractivity contribution in [2.24, 2.45) is 0 Å². The van der Waals surface area contributed by atoms with Crippen molar-refractivity contribution in [3.8, 4) is 11.1 Å². The summed E-state index contributed by atoms with van der Waals surface area (Å²) in [6.07, 6.45) is 1.92. The fraction of sp³-hybridized carbons (Fsp3) is 0.240. The number of fused-ring (bicyclic) bond motifs is 1. The Morgan fingerprint density at radius 1 is 1.03 bits per heavy atom. The lowest BCUT2D eigenvalue weighted by molar-refractivity contribution is -0.115. The molecular weight excluding hydrogens is 404 g/mol. The number of nitrogens with one attached hydrogen (secondary N) is 2. The van der Waals surface area contributed by atoms with Gasteiger partial charge in [-0.25, -0.2) is 9.97 Å². The summed E-state index contributed by atoms with van der Waals surface area (Å²) in [5.41, 5.74) is 4.37. The molecule has 158 valence electrons. The van der Waals surface area contributed by atoms with Crippen molar-refractivity contribution in [2.45, 2.75) is 33.1 Å². The van der Waals surface area contributed by atoms with Gasteiger partial charge in [0.2, 0.25) is 5.91 Å². The van der Waals surface area contributed by atoms with Gasteiger partial charge >= 0.3 is 0 Å². The fourth-order valence-corrected chi connectivity index (χ4v) is 4.61. The largest absolute Gasteiger partial charge is 0.369 e. The van der Waals surface area contributed by atoms with Crippen molar-refractivity contribution in [3.63, 3.8) is 0 Å². The zero-order valence-corrected chi connectivity index (χ0v) is 18.8. The Kier molecular flexibility index (Phi) is 6.28. The molecule has 0 aliphatic carbocycles. The second-order valence-corrected chi connectivity index (χ2v) is 9.01. The van der Waals surface area contributed by atoms with Crippen LogP contribution >= 0.6 is 11.3 Å². The molecule has 6 heteroatoms. The molecule has 0 aliphatic rings. The third-order valence-electron chi connectivity index (χ3n) is 5.23. The molecular formula is C25H26N4OS. The van der Waals surface area contributed by atoms with Gasteiger partial charge in [0.25, 0.3) is 0 Å². The van der Waals surface area contributed by atoms with Crippen LogP contribution in [-0.4, -0.2) is 22.4 Å². The number of carbonyl (C=O) groups is 1. The highest BCUT2D eigenvalue weighted by molar-refractivity contribution is 7.19. The number of aromatic nitrogens is 2. The van der Waals surface area contributed by atoms with Crippen molar-refractivity contribution in [1.82, 2.24) is 9.97 Å². The van der Waals surface area contributed by atoms with Crippen LogP contribution < -0.4 is 10.6 Å². The Labute approximate surface area is 186 Å². The van der Waals surface area contributed by atoms with Crippen molar-refractivity contribution in [3.05, 3.63) is 71.4 Å². The topological polar surface area (TPSA) is 66.9 Å². The van der Waals surface area contributed by atoms with Crippen LogP contribution in [0.5, 0.6) is 0 Å². The fourth-order valence-electron chi connectivity index (χ4n) is 3.60. The lowest BCUT2D eigenvalue weighted by Crippen LogP contribution is -2.16. The van der Waals surface area contributed by atoms with Crippen molar-refractivity contribution < 1.29 is 4.79 Å². The lowest BCUT2D eigenvalue weighted by Gasteiger charge is -2.10. The average Bonchev–Trinajstić information content (AvgIpc) is 3.11. The third kappa shape index (κ3) is 4.75. The van der Waals surface area contributed by atoms with E-state index in [2.05, 4.69) is 65.6 Å². The molecule has 0 fully saturated rings. The van der Waals surface area contributed by atoms with Gasteiger partial charge in [-0.1, -0.05) is 56.3 Å². The van der Waals surface area contributed by atoms with E-state index in [9.17, 15) is 4.79 Å². The minimum absolute atomic E-state index is 0.0279. The van der Waals surface area contributed by atoms with E-state index in [1.165, 1.54) is 10.4 Å². The summed E-state index contributed by atoms with van der Waals surface area (Å²) >= 11 is 1.66. The van der Waals surface area contributed by atoms with Crippen molar-refractivity contribution in [2.75, 3.05) is 17.2 Å². The van der Waals surface area contributed by atoms with Gasteiger partial charge < -0.3 is 10.6 Å². The monoisotopic (exact) mass is 430 g/mol. The molecule has 2 aromatic carbocycles. The van der Waals surface area contributed by atoms with Crippen LogP contribution in [0.4, 0.5) is 11.5 Å². The summed E-state index contributed by atoms with van der Waals surface area (Å²) in [6.45, 7) is 6.91. The van der Waals surface area contributed by atoms with E-state index in [4.69, 9.17) is 0 Å². The van der Waals surface area contributed by atoms with Crippen LogP contribution in [0.1, 0.15) is 36.6 Å². The van der Waals surface area contributed by atoms with Crippen molar-refractivity contribution in [1.29, 1.82) is 0 Å². The summed E-state index contributed by atoms with van der Waals surface area (Å²) in [6, 6.07) is 18.3. The van der Waals surface area contributed by atoms with Crippen LogP contribution in [0.3, 0.4) is 0 Å². The SMILES string of the molecule is Cc1sc2ncnc(NCCC(=O)Nc3ccc(C(C)C)cc3)c2c1-c1ccccc1. The summed E-state index contributed by atoms with van der Waals surface area (Å²) in [5.74, 6) is 1.21. The molecule has 4 aromatic rings. The van der Waals surface area contributed by atoms with E-state index < -0.39 is 0 Å². The maximum Gasteiger partial charge on any atom is 0.226 e. The number of hydrogen-bond acceptors (Lipinski definition) is 5. The number of benzene rings is 2. The first kappa shape index (κ1) is 21.0. The lowest BCUT2D eigenvalue weighted by atomic mass is 10.0. The predicted molar refractivity (Wildman–Crippen MR) is 130 cm³/mol. The Hall–Kier alpha value is -3.25. The number of rotatable bonds is 7. The van der Waals surface area contributed by atoms with Crippen LogP contribution in [0.15, 0.2) is 60.9 Å². The van der Waals surface area contributed by atoms with Gasteiger partial charge in [0.05, 0.1) is 5.39 Å². The second-order valence-electron chi connectivity index (χ2n) is 7.80. The number of aryl methyl sites for hydroxylation is 1. The highest BCUT2D eigenvalue weighted by Crippen LogP contribution is 2.40. The summed E-state index contributed by atoms with van der Waals surface area (Å²) in [5, 5.41) is 7.32. The molecule has 0 aliphatic heterocycles. The first-order valence-electron chi connectivity index (χ1n) is 10.5. The van der Waals surface area contributed by atoms with Gasteiger partial charge in [0.1, 0.15) is 17.0 Å². The van der Waals surface area contributed by atoms with Crippen LogP contribution in [0.2, 0.25) is 0 Å². The normalized spacial score (nSPS) is 11.1. The van der Waals surface area contributed by atoms with Gasteiger partial charge in [-0.2, -0.15) is 0 Å². The summed E-state index contributed by atoms with van der Waals surface area (Å²) in [4.78, 5) is 23.5. The summed E-state index contributed by atoms with van der Waals surface area (Å²) < 4.78 is 0. The highest BCUT2D eigenvalue weighted by Gasteiger charge is 2.16. The zero-order chi connectivity index (χ0) is 21.8. The molecule has 0 radical (unpaired) electrons. The smallest absolute Gasteiger partial charge is 0.226 e. The molecule has 2 aromatic heterocycles. The Morgan fingerprint density at radius 3 is 2.48 bits per heavy atom. The number of nitrogens with zero attached hydrogens (tertiary/aromatic N) is 2. The van der Waals surface area contributed by atoms with Crippen molar-refractivity contribution >= 4 is 39.0 Å². The highest BCUT2D eigenvalue weighted by atomic mass is 32.1. The number of anilines is 2. The molecule has 0 saturated heterocycles. The predicted octanol–water partition coefficient (Wildman–Crippen LogP) is 6.23. The molecule has 2 heterocycles. The molecule has 31 heavy (non-hydrogen) atoms. The maximum absolute atomic E-state index is 12.4. The molecule has 1 amide bonds. The quantitative estimate of drug-likeness (QED) is 0.365. The van der Waals surface area contributed by atoms with Crippen LogP contribution in [0.25, 0.3) is 21.3 Å². The van der Waals surface area contributed by atoms with Gasteiger partial charge in [0.15, 0.2) is 0 Å². The molecule has 0 unspecified atom stereocenters. The van der Waals surface area contributed by atoms with E-state index in [0.717, 1.165) is 32.8 Å². The van der Waals surface area contributed by atoms with Gasteiger partial charge in [0, 0.05) is 29.1 Å². The van der Waals surface area contributed by atoms with E-state index in [-0.39, 0.29) is 5.91 Å². The molecule has 0 spiro atoms. The molecule has 5 nitrogen and oxygen atoms in total. The number of carbonyl (C=O) groups excluding carboxylic acids is 1. The Balaban J connectivity index is 1.45. The number of amides is 1. The van der Waals surface area contributed by atoms with Crippen LogP contribution in [0, 0.1) is 6.92 Å².